The number of nitrogens with one attached hydrogen (secondary N) is 2. The van der Waals surface area contributed by atoms with E-state index >= 15 is 0 Å². The van der Waals surface area contributed by atoms with Crippen LogP contribution in [0, 0.1) is 12.8 Å². The summed E-state index contributed by atoms with van der Waals surface area (Å²) >= 11 is 0. The Bertz CT molecular complexity index is 675. The van der Waals surface area contributed by atoms with Crippen LogP contribution in [0.3, 0.4) is 0 Å². The van der Waals surface area contributed by atoms with Gasteiger partial charge in [-0.25, -0.2) is 0 Å². The number of amides is 1. The number of rotatable bonds is 5. The normalized spacial score (nSPS) is 13.9. The second kappa shape index (κ2) is 5.99. The zero-order chi connectivity index (χ0) is 15.6. The summed E-state index contributed by atoms with van der Waals surface area (Å²) in [5.74, 6) is -1.69. The lowest BCUT2D eigenvalue weighted by atomic mass is 10.0. The molecule has 1 heterocycles. The minimum atomic E-state index is -0.911. The molecule has 2 unspecified atom stereocenters. The number of fused-ring (bicyclic) bond motifs is 1. The van der Waals surface area contributed by atoms with Crippen LogP contribution in [-0.4, -0.2) is 28.0 Å². The van der Waals surface area contributed by atoms with Crippen molar-refractivity contribution in [2.75, 3.05) is 0 Å². The Labute approximate surface area is 123 Å². The molecule has 0 radical (unpaired) electrons. The van der Waals surface area contributed by atoms with Gasteiger partial charge < -0.3 is 15.4 Å². The fourth-order valence-corrected chi connectivity index (χ4v) is 2.41. The van der Waals surface area contributed by atoms with Gasteiger partial charge in [0.15, 0.2) is 0 Å². The number of carboxylic acids is 1. The molecule has 2 rings (SSSR count). The molecule has 5 heteroatoms. The van der Waals surface area contributed by atoms with Gasteiger partial charge in [-0.15, -0.1) is 0 Å². The third-order valence-electron chi connectivity index (χ3n) is 3.88. The molecule has 3 N–H and O–H groups in total. The van der Waals surface area contributed by atoms with Gasteiger partial charge in [-0.1, -0.05) is 12.1 Å². The third kappa shape index (κ3) is 3.24. The van der Waals surface area contributed by atoms with Gasteiger partial charge >= 0.3 is 5.97 Å². The Kier molecular flexibility index (Phi) is 4.31. The van der Waals surface area contributed by atoms with Crippen LogP contribution in [0.5, 0.6) is 0 Å². The summed E-state index contributed by atoms with van der Waals surface area (Å²) in [6, 6.07) is 5.54. The maximum Gasteiger partial charge on any atom is 0.308 e. The van der Waals surface area contributed by atoms with Gasteiger partial charge in [0.25, 0.3) is 0 Å². The minimum Gasteiger partial charge on any atom is -0.481 e. The van der Waals surface area contributed by atoms with Crippen LogP contribution in [-0.2, 0) is 16.0 Å². The van der Waals surface area contributed by atoms with Crippen molar-refractivity contribution in [3.63, 3.8) is 0 Å². The highest BCUT2D eigenvalue weighted by atomic mass is 16.4. The van der Waals surface area contributed by atoms with Gasteiger partial charge in [0.2, 0.25) is 5.91 Å². The van der Waals surface area contributed by atoms with Gasteiger partial charge in [0, 0.05) is 23.1 Å². The fraction of sp³-hybridized carbons (Fsp3) is 0.375. The van der Waals surface area contributed by atoms with E-state index in [0.717, 1.165) is 22.0 Å². The molecule has 0 saturated heterocycles. The molecule has 0 fully saturated rings. The molecule has 2 atom stereocenters. The van der Waals surface area contributed by atoms with E-state index in [9.17, 15) is 9.59 Å². The number of carbonyl (C=O) groups excluding carboxylic acids is 1. The number of carbonyl (C=O) groups is 2. The van der Waals surface area contributed by atoms with Crippen molar-refractivity contribution in [2.45, 2.75) is 33.2 Å². The number of aromatic amines is 1. The first kappa shape index (κ1) is 15.1. The highest BCUT2D eigenvalue weighted by Crippen LogP contribution is 2.22. The fourth-order valence-electron chi connectivity index (χ4n) is 2.41. The molecule has 5 nitrogen and oxygen atoms in total. The lowest BCUT2D eigenvalue weighted by molar-refractivity contribution is -0.142. The molecule has 0 aliphatic heterocycles. The highest BCUT2D eigenvalue weighted by Gasteiger charge is 2.21. The molecule has 0 aliphatic carbocycles. The topological polar surface area (TPSA) is 82.2 Å². The van der Waals surface area contributed by atoms with Crippen LogP contribution in [0.25, 0.3) is 10.9 Å². The third-order valence-corrected chi connectivity index (χ3v) is 3.88. The van der Waals surface area contributed by atoms with E-state index < -0.39 is 17.9 Å². The van der Waals surface area contributed by atoms with Crippen molar-refractivity contribution in [3.8, 4) is 0 Å². The number of H-pyrrole nitrogens is 1. The molecular weight excluding hydrogens is 268 g/mol. The first-order valence-corrected chi connectivity index (χ1v) is 6.98. The van der Waals surface area contributed by atoms with Crippen LogP contribution in [0.4, 0.5) is 0 Å². The van der Waals surface area contributed by atoms with Crippen molar-refractivity contribution in [1.29, 1.82) is 0 Å². The molecule has 1 amide bonds. The molecule has 112 valence electrons. The number of hydrogen-bond donors (Lipinski definition) is 3. The standard InChI is InChI=1S/C16H20N2O3/c1-9-5-4-6-13-15(9)12(8-17-13)7-14(19)18-11(3)10(2)16(20)21/h4-6,8,10-11,17H,7H2,1-3H3,(H,18,19)(H,20,21). The van der Waals surface area contributed by atoms with Crippen molar-refractivity contribution in [2.24, 2.45) is 5.92 Å². The summed E-state index contributed by atoms with van der Waals surface area (Å²) in [7, 11) is 0. The maximum absolute atomic E-state index is 12.1. The zero-order valence-corrected chi connectivity index (χ0v) is 12.4. The number of benzene rings is 1. The number of carboxylic acid groups (broad SMARTS) is 1. The van der Waals surface area contributed by atoms with Gasteiger partial charge in [-0.2, -0.15) is 0 Å². The van der Waals surface area contributed by atoms with Crippen LogP contribution >= 0.6 is 0 Å². The first-order valence-electron chi connectivity index (χ1n) is 6.98. The number of aryl methyl sites for hydroxylation is 1. The summed E-state index contributed by atoms with van der Waals surface area (Å²) in [6.07, 6.45) is 2.07. The Morgan fingerprint density at radius 3 is 2.71 bits per heavy atom. The molecule has 0 saturated carbocycles. The van der Waals surface area contributed by atoms with Gasteiger partial charge in [0.05, 0.1) is 12.3 Å². The summed E-state index contributed by atoms with van der Waals surface area (Å²) in [5.41, 5.74) is 3.05. The lowest BCUT2D eigenvalue weighted by Crippen LogP contribution is -2.40. The Balaban J connectivity index is 2.10. The van der Waals surface area contributed by atoms with Crippen LogP contribution in [0.15, 0.2) is 24.4 Å². The summed E-state index contributed by atoms with van der Waals surface area (Å²) in [5, 5.41) is 12.8. The second-order valence-electron chi connectivity index (χ2n) is 5.47. The van der Waals surface area contributed by atoms with Gasteiger partial charge in [-0.05, 0) is 38.0 Å². The van der Waals surface area contributed by atoms with Crippen molar-refractivity contribution in [3.05, 3.63) is 35.5 Å². The quantitative estimate of drug-likeness (QED) is 0.789. The molecule has 1 aromatic carbocycles. The molecule has 0 aliphatic rings. The number of aliphatic carboxylic acids is 1. The molecule has 21 heavy (non-hydrogen) atoms. The van der Waals surface area contributed by atoms with Crippen LogP contribution in [0.2, 0.25) is 0 Å². The van der Waals surface area contributed by atoms with Crippen molar-refractivity contribution < 1.29 is 14.7 Å². The highest BCUT2D eigenvalue weighted by molar-refractivity contribution is 5.91. The Morgan fingerprint density at radius 1 is 1.33 bits per heavy atom. The van der Waals surface area contributed by atoms with E-state index in [-0.39, 0.29) is 12.3 Å². The van der Waals surface area contributed by atoms with E-state index in [1.165, 1.54) is 0 Å². The largest absolute Gasteiger partial charge is 0.481 e. The maximum atomic E-state index is 12.1. The molecule has 1 aromatic heterocycles. The van der Waals surface area contributed by atoms with Crippen molar-refractivity contribution >= 4 is 22.8 Å². The smallest absolute Gasteiger partial charge is 0.308 e. The van der Waals surface area contributed by atoms with E-state index in [2.05, 4.69) is 10.3 Å². The molecule has 0 bridgehead atoms. The Morgan fingerprint density at radius 2 is 2.05 bits per heavy atom. The lowest BCUT2D eigenvalue weighted by Gasteiger charge is -2.17. The van der Waals surface area contributed by atoms with E-state index in [1.54, 1.807) is 13.8 Å². The van der Waals surface area contributed by atoms with E-state index in [1.807, 2.05) is 31.3 Å². The molecule has 2 aromatic rings. The first-order chi connectivity index (χ1) is 9.90. The second-order valence-corrected chi connectivity index (χ2v) is 5.47. The van der Waals surface area contributed by atoms with E-state index in [4.69, 9.17) is 5.11 Å². The molecule has 0 spiro atoms. The number of aromatic nitrogens is 1. The summed E-state index contributed by atoms with van der Waals surface area (Å²) in [4.78, 5) is 26.1. The monoisotopic (exact) mass is 288 g/mol. The van der Waals surface area contributed by atoms with E-state index in [0.29, 0.717) is 0 Å². The zero-order valence-electron chi connectivity index (χ0n) is 12.4. The SMILES string of the molecule is Cc1cccc2[nH]cc(CC(=O)NC(C)C(C)C(=O)O)c12. The summed E-state index contributed by atoms with van der Waals surface area (Å²) < 4.78 is 0. The predicted molar refractivity (Wildman–Crippen MR) is 81.1 cm³/mol. The minimum absolute atomic E-state index is 0.167. The van der Waals surface area contributed by atoms with Gasteiger partial charge in [0.1, 0.15) is 0 Å². The van der Waals surface area contributed by atoms with Crippen LogP contribution in [0.1, 0.15) is 25.0 Å². The average molecular weight is 288 g/mol. The summed E-state index contributed by atoms with van der Waals surface area (Å²) in [6.45, 7) is 5.30. The molecular formula is C16H20N2O3. The van der Waals surface area contributed by atoms with Crippen LogP contribution < -0.4 is 5.32 Å². The predicted octanol–water partition coefficient (Wildman–Crippen LogP) is 2.24. The van der Waals surface area contributed by atoms with Crippen molar-refractivity contribution in [1.82, 2.24) is 10.3 Å². The average Bonchev–Trinajstić information content (AvgIpc) is 2.82. The number of hydrogen-bond acceptors (Lipinski definition) is 2. The Hall–Kier alpha value is -2.30. The van der Waals surface area contributed by atoms with Gasteiger partial charge in [-0.3, -0.25) is 9.59 Å².